The number of fused-ring (bicyclic) bond motifs is 2. The summed E-state index contributed by atoms with van der Waals surface area (Å²) in [5.74, 6) is -0.166. The summed E-state index contributed by atoms with van der Waals surface area (Å²) in [5.41, 5.74) is 5.64. The van der Waals surface area contributed by atoms with Crippen LogP contribution in [0.2, 0.25) is 0 Å². The van der Waals surface area contributed by atoms with Crippen molar-refractivity contribution in [3.8, 4) is 0 Å². The van der Waals surface area contributed by atoms with Gasteiger partial charge >= 0.3 is 6.03 Å². The van der Waals surface area contributed by atoms with Gasteiger partial charge in [0.05, 0.1) is 12.6 Å². The lowest BCUT2D eigenvalue weighted by Gasteiger charge is -2.28. The molecule has 0 saturated heterocycles. The summed E-state index contributed by atoms with van der Waals surface area (Å²) < 4.78 is 0. The van der Waals surface area contributed by atoms with E-state index < -0.39 is 6.04 Å². The largest absolute Gasteiger partial charge is 0.331 e. The summed E-state index contributed by atoms with van der Waals surface area (Å²) in [5, 5.41) is 5.98. The molecule has 0 spiro atoms. The standard InChI is InChI=1S/C22H25N3O2/c1-14(17-11-10-16-7-5-8-18(16)12-17)23-22(27)25-13-19-6-3-4-9-20(19)24-21(26)15(25)2/h3-4,6,9-12,14-15H,5,7-8,13H2,1-2H3,(H,23,27)(H,24,26)/t14-,15?/m1/s1. The van der Waals surface area contributed by atoms with Crippen molar-refractivity contribution in [3.63, 3.8) is 0 Å². The Morgan fingerprint density at radius 2 is 1.93 bits per heavy atom. The molecule has 3 amide bonds. The highest BCUT2D eigenvalue weighted by Crippen LogP contribution is 2.26. The Bertz CT molecular complexity index is 893. The van der Waals surface area contributed by atoms with Crippen LogP contribution in [-0.2, 0) is 24.2 Å². The molecular weight excluding hydrogens is 338 g/mol. The molecule has 0 saturated carbocycles. The molecule has 1 unspecified atom stereocenters. The summed E-state index contributed by atoms with van der Waals surface area (Å²) in [7, 11) is 0. The normalized spacial score (nSPS) is 19.6. The van der Waals surface area contributed by atoms with Gasteiger partial charge < -0.3 is 15.5 Å². The summed E-state index contributed by atoms with van der Waals surface area (Å²) in [6.45, 7) is 4.16. The van der Waals surface area contributed by atoms with Crippen molar-refractivity contribution in [3.05, 3.63) is 64.7 Å². The predicted octanol–water partition coefficient (Wildman–Crippen LogP) is 3.79. The minimum Gasteiger partial charge on any atom is -0.331 e. The van der Waals surface area contributed by atoms with Crippen molar-refractivity contribution in [2.24, 2.45) is 0 Å². The summed E-state index contributed by atoms with van der Waals surface area (Å²) in [6, 6.07) is 13.2. The first-order valence-electron chi connectivity index (χ1n) is 9.60. The van der Waals surface area contributed by atoms with Crippen LogP contribution in [0, 0.1) is 0 Å². The topological polar surface area (TPSA) is 61.4 Å². The van der Waals surface area contributed by atoms with Gasteiger partial charge in [0.2, 0.25) is 5.91 Å². The van der Waals surface area contributed by atoms with Gasteiger partial charge in [0.25, 0.3) is 0 Å². The highest BCUT2D eigenvalue weighted by atomic mass is 16.2. The van der Waals surface area contributed by atoms with E-state index in [9.17, 15) is 9.59 Å². The number of rotatable bonds is 2. The van der Waals surface area contributed by atoms with Crippen LogP contribution in [0.15, 0.2) is 42.5 Å². The third-order valence-corrected chi connectivity index (χ3v) is 5.69. The second-order valence-corrected chi connectivity index (χ2v) is 7.50. The molecule has 4 rings (SSSR count). The highest BCUT2D eigenvalue weighted by Gasteiger charge is 2.30. The number of hydrogen-bond acceptors (Lipinski definition) is 2. The lowest BCUT2D eigenvalue weighted by molar-refractivity contribution is -0.119. The molecule has 140 valence electrons. The van der Waals surface area contributed by atoms with Gasteiger partial charge in [-0.15, -0.1) is 0 Å². The van der Waals surface area contributed by atoms with Crippen molar-refractivity contribution in [2.75, 3.05) is 5.32 Å². The monoisotopic (exact) mass is 363 g/mol. The molecule has 0 radical (unpaired) electrons. The van der Waals surface area contributed by atoms with Crippen LogP contribution in [-0.4, -0.2) is 22.9 Å². The molecule has 2 N–H and O–H groups in total. The van der Waals surface area contributed by atoms with Gasteiger partial charge in [-0.25, -0.2) is 4.79 Å². The Morgan fingerprint density at radius 1 is 1.15 bits per heavy atom. The zero-order valence-electron chi connectivity index (χ0n) is 15.8. The number of nitrogens with one attached hydrogen (secondary N) is 2. The third-order valence-electron chi connectivity index (χ3n) is 5.69. The van der Waals surface area contributed by atoms with Gasteiger partial charge in [-0.3, -0.25) is 4.79 Å². The van der Waals surface area contributed by atoms with Crippen LogP contribution in [0.1, 0.15) is 48.6 Å². The zero-order valence-corrected chi connectivity index (χ0v) is 15.8. The highest BCUT2D eigenvalue weighted by molar-refractivity contribution is 5.98. The van der Waals surface area contributed by atoms with E-state index in [-0.39, 0.29) is 18.0 Å². The number of anilines is 1. The predicted molar refractivity (Wildman–Crippen MR) is 105 cm³/mol. The van der Waals surface area contributed by atoms with Gasteiger partial charge in [-0.2, -0.15) is 0 Å². The van der Waals surface area contributed by atoms with E-state index in [4.69, 9.17) is 0 Å². The van der Waals surface area contributed by atoms with E-state index in [1.807, 2.05) is 31.2 Å². The fraction of sp³-hybridized carbons (Fsp3) is 0.364. The smallest absolute Gasteiger partial charge is 0.318 e. The van der Waals surface area contributed by atoms with E-state index in [2.05, 4.69) is 28.8 Å². The number of para-hydroxylation sites is 1. The molecule has 2 atom stereocenters. The Labute approximate surface area is 159 Å². The quantitative estimate of drug-likeness (QED) is 0.853. The fourth-order valence-electron chi connectivity index (χ4n) is 3.94. The van der Waals surface area contributed by atoms with Crippen molar-refractivity contribution < 1.29 is 9.59 Å². The SMILES string of the molecule is CC1C(=O)Nc2ccccc2CN1C(=O)N[C@H](C)c1ccc2c(c1)CCC2. The summed E-state index contributed by atoms with van der Waals surface area (Å²) >= 11 is 0. The van der Waals surface area contributed by atoms with Gasteiger partial charge in [0.15, 0.2) is 0 Å². The Kier molecular flexibility index (Phi) is 4.60. The van der Waals surface area contributed by atoms with E-state index in [1.54, 1.807) is 11.8 Å². The molecule has 27 heavy (non-hydrogen) atoms. The number of carbonyl (C=O) groups excluding carboxylic acids is 2. The number of nitrogens with zero attached hydrogens (tertiary/aromatic N) is 1. The lowest BCUT2D eigenvalue weighted by Crippen LogP contribution is -2.48. The van der Waals surface area contributed by atoms with E-state index in [0.717, 1.165) is 29.7 Å². The minimum absolute atomic E-state index is 0.114. The van der Waals surface area contributed by atoms with Gasteiger partial charge in [-0.1, -0.05) is 36.4 Å². The molecule has 5 nitrogen and oxygen atoms in total. The van der Waals surface area contributed by atoms with Crippen molar-refractivity contribution in [1.82, 2.24) is 10.2 Å². The van der Waals surface area contributed by atoms with E-state index in [0.29, 0.717) is 6.54 Å². The summed E-state index contributed by atoms with van der Waals surface area (Å²) in [4.78, 5) is 27.0. The lowest BCUT2D eigenvalue weighted by atomic mass is 10.0. The van der Waals surface area contributed by atoms with Crippen LogP contribution in [0.25, 0.3) is 0 Å². The summed E-state index contributed by atoms with van der Waals surface area (Å²) in [6.07, 6.45) is 3.47. The molecular formula is C22H25N3O2. The number of carbonyl (C=O) groups is 2. The van der Waals surface area contributed by atoms with Crippen LogP contribution in [0.5, 0.6) is 0 Å². The minimum atomic E-state index is -0.537. The molecule has 5 heteroatoms. The Balaban J connectivity index is 1.52. The van der Waals surface area contributed by atoms with Crippen molar-refractivity contribution in [2.45, 2.75) is 51.7 Å². The van der Waals surface area contributed by atoms with Gasteiger partial charge in [0, 0.05) is 5.69 Å². The maximum atomic E-state index is 13.0. The van der Waals surface area contributed by atoms with Gasteiger partial charge in [-0.05, 0) is 61.4 Å². The first-order valence-corrected chi connectivity index (χ1v) is 9.60. The van der Waals surface area contributed by atoms with E-state index >= 15 is 0 Å². The number of urea groups is 1. The number of aryl methyl sites for hydroxylation is 2. The number of amides is 3. The third kappa shape index (κ3) is 3.42. The molecule has 1 heterocycles. The maximum absolute atomic E-state index is 13.0. The molecule has 1 aliphatic heterocycles. The van der Waals surface area contributed by atoms with Crippen LogP contribution in [0.3, 0.4) is 0 Å². The molecule has 0 bridgehead atoms. The van der Waals surface area contributed by atoms with Crippen LogP contribution in [0.4, 0.5) is 10.5 Å². The average molecular weight is 363 g/mol. The number of hydrogen-bond donors (Lipinski definition) is 2. The second kappa shape index (κ2) is 7.06. The zero-order chi connectivity index (χ0) is 19.0. The number of benzene rings is 2. The van der Waals surface area contributed by atoms with E-state index in [1.165, 1.54) is 17.5 Å². The second-order valence-electron chi connectivity index (χ2n) is 7.50. The van der Waals surface area contributed by atoms with Crippen LogP contribution >= 0.6 is 0 Å². The molecule has 0 fully saturated rings. The molecule has 0 aromatic heterocycles. The van der Waals surface area contributed by atoms with Crippen molar-refractivity contribution >= 4 is 17.6 Å². The maximum Gasteiger partial charge on any atom is 0.318 e. The Morgan fingerprint density at radius 3 is 2.78 bits per heavy atom. The molecule has 2 aromatic rings. The molecule has 1 aliphatic carbocycles. The van der Waals surface area contributed by atoms with Crippen molar-refractivity contribution in [1.29, 1.82) is 0 Å². The Hall–Kier alpha value is -2.82. The van der Waals surface area contributed by atoms with Gasteiger partial charge in [0.1, 0.15) is 6.04 Å². The molecule has 2 aromatic carbocycles. The average Bonchev–Trinajstić information content (AvgIpc) is 3.09. The first kappa shape index (κ1) is 17.6. The van der Waals surface area contributed by atoms with Crippen LogP contribution < -0.4 is 10.6 Å². The fourth-order valence-corrected chi connectivity index (χ4v) is 3.94. The molecule has 2 aliphatic rings. The first-order chi connectivity index (χ1) is 13.0.